The molecule has 3 aromatic carbocycles. The van der Waals surface area contributed by atoms with E-state index in [0.717, 1.165) is 16.7 Å². The van der Waals surface area contributed by atoms with Gasteiger partial charge >= 0.3 is 5.97 Å². The average molecular weight is 434 g/mol. The van der Waals surface area contributed by atoms with Crippen molar-refractivity contribution in [3.05, 3.63) is 108 Å². The number of nitrogens with zero attached hydrogens (tertiary/aromatic N) is 1. The third-order valence-corrected chi connectivity index (χ3v) is 6.34. The normalized spacial score (nSPS) is 11.7. The maximum absolute atomic E-state index is 12.5. The number of oxime groups is 1. The number of hydrogen-bond donors (Lipinski definition) is 0. The summed E-state index contributed by atoms with van der Waals surface area (Å²) in [5.74, 6) is -0.121. The fourth-order valence-electron chi connectivity index (χ4n) is 3.42. The fraction of sp³-hybridized carbons (Fsp3) is 0.231. The Morgan fingerprint density at radius 3 is 1.61 bits per heavy atom. The molecule has 0 saturated heterocycles. The highest BCUT2D eigenvalue weighted by Gasteiger charge is 2.38. The van der Waals surface area contributed by atoms with E-state index in [2.05, 4.69) is 41.6 Å². The fourth-order valence-corrected chi connectivity index (χ4v) is 4.86. The van der Waals surface area contributed by atoms with Crippen LogP contribution in [0.4, 0.5) is 0 Å². The number of benzene rings is 3. The van der Waals surface area contributed by atoms with Crippen molar-refractivity contribution < 1.29 is 14.4 Å². The monoisotopic (exact) mass is 433 g/mol. The average Bonchev–Trinajstić information content (AvgIpc) is 2.83. The molecule has 0 saturated carbocycles. The largest absolute Gasteiger partial charge is 0.461 e. The summed E-state index contributed by atoms with van der Waals surface area (Å²) < 4.78 is 4.68. The Balaban J connectivity index is 2.12. The van der Waals surface area contributed by atoms with E-state index in [9.17, 15) is 4.79 Å². The minimum absolute atomic E-state index is 0.265. The molecule has 0 bridgehead atoms. The van der Waals surface area contributed by atoms with Crippen LogP contribution >= 0.6 is 11.8 Å². The first-order chi connectivity index (χ1) is 15.2. The summed E-state index contributed by atoms with van der Waals surface area (Å²) in [6.07, 6.45) is 0. The van der Waals surface area contributed by atoms with E-state index >= 15 is 0 Å². The standard InChI is InChI=1S/C26H27NO3S/c1-3-29-25(28)24(27-30-4-2)20-31-26(21-14-8-5-9-15-21,22-16-10-6-11-17-22)23-18-12-7-13-19-23/h5-19H,3-4,20H2,1-2H3/b27-24+. The number of esters is 1. The zero-order valence-corrected chi connectivity index (χ0v) is 18.7. The van der Waals surface area contributed by atoms with Crippen molar-refractivity contribution in [1.82, 2.24) is 0 Å². The molecule has 5 heteroatoms. The molecular weight excluding hydrogens is 406 g/mol. The van der Waals surface area contributed by atoms with Crippen LogP contribution in [0.3, 0.4) is 0 Å². The van der Waals surface area contributed by atoms with E-state index in [1.807, 2.05) is 61.5 Å². The van der Waals surface area contributed by atoms with E-state index in [1.165, 1.54) is 0 Å². The summed E-state index contributed by atoms with van der Waals surface area (Å²) in [7, 11) is 0. The summed E-state index contributed by atoms with van der Waals surface area (Å²) in [5.41, 5.74) is 3.63. The number of hydrogen-bond acceptors (Lipinski definition) is 5. The maximum atomic E-state index is 12.5. The highest BCUT2D eigenvalue weighted by molar-refractivity contribution is 8.01. The van der Waals surface area contributed by atoms with Crippen LogP contribution in [0.25, 0.3) is 0 Å². The second kappa shape index (κ2) is 11.4. The molecule has 0 N–H and O–H groups in total. The van der Waals surface area contributed by atoms with E-state index < -0.39 is 10.7 Å². The molecule has 0 unspecified atom stereocenters. The van der Waals surface area contributed by atoms with Crippen molar-refractivity contribution in [2.45, 2.75) is 18.6 Å². The lowest BCUT2D eigenvalue weighted by molar-refractivity contribution is -0.135. The Hall–Kier alpha value is -3.05. The molecule has 0 aromatic heterocycles. The second-order valence-corrected chi connectivity index (χ2v) is 7.93. The smallest absolute Gasteiger partial charge is 0.356 e. The maximum Gasteiger partial charge on any atom is 0.356 e. The summed E-state index contributed by atoms with van der Waals surface area (Å²) in [6, 6.07) is 31.0. The quantitative estimate of drug-likeness (QED) is 0.179. The van der Waals surface area contributed by atoms with E-state index in [4.69, 9.17) is 9.57 Å². The van der Waals surface area contributed by atoms with E-state index in [0.29, 0.717) is 12.4 Å². The first-order valence-corrected chi connectivity index (χ1v) is 11.4. The van der Waals surface area contributed by atoms with Crippen molar-refractivity contribution in [1.29, 1.82) is 0 Å². The molecule has 3 rings (SSSR count). The number of rotatable bonds is 10. The van der Waals surface area contributed by atoms with Gasteiger partial charge in [0.15, 0.2) is 5.71 Å². The Labute approximate surface area is 188 Å². The van der Waals surface area contributed by atoms with Crippen LogP contribution in [0.2, 0.25) is 0 Å². The zero-order chi connectivity index (χ0) is 21.9. The Bertz CT molecular complexity index is 879. The lowest BCUT2D eigenvalue weighted by atomic mass is 9.84. The molecule has 0 heterocycles. The molecule has 0 aliphatic carbocycles. The molecule has 0 amide bonds. The van der Waals surface area contributed by atoms with Crippen molar-refractivity contribution in [2.24, 2.45) is 5.16 Å². The summed E-state index contributed by atoms with van der Waals surface area (Å²) in [4.78, 5) is 17.7. The molecule has 0 radical (unpaired) electrons. The van der Waals surface area contributed by atoms with Gasteiger partial charge < -0.3 is 9.57 Å². The Morgan fingerprint density at radius 2 is 1.23 bits per heavy atom. The van der Waals surface area contributed by atoms with Crippen molar-refractivity contribution in [3.63, 3.8) is 0 Å². The Kier molecular flexibility index (Phi) is 8.30. The zero-order valence-electron chi connectivity index (χ0n) is 17.9. The molecule has 4 nitrogen and oxygen atoms in total. The van der Waals surface area contributed by atoms with Gasteiger partial charge in [0.1, 0.15) is 6.61 Å². The van der Waals surface area contributed by atoms with Crippen LogP contribution in [-0.4, -0.2) is 30.6 Å². The van der Waals surface area contributed by atoms with Gasteiger partial charge in [0.2, 0.25) is 0 Å². The first-order valence-electron chi connectivity index (χ1n) is 10.4. The minimum Gasteiger partial charge on any atom is -0.461 e. The van der Waals surface area contributed by atoms with Crippen molar-refractivity contribution >= 4 is 23.4 Å². The van der Waals surface area contributed by atoms with Crippen LogP contribution in [0.5, 0.6) is 0 Å². The Morgan fingerprint density at radius 1 is 0.774 bits per heavy atom. The molecule has 0 fully saturated rings. The van der Waals surface area contributed by atoms with E-state index in [1.54, 1.807) is 18.7 Å². The van der Waals surface area contributed by atoms with Gasteiger partial charge in [0.05, 0.1) is 11.4 Å². The molecule has 3 aromatic rings. The lowest BCUT2D eigenvalue weighted by Gasteiger charge is -2.35. The van der Waals surface area contributed by atoms with Crippen LogP contribution < -0.4 is 0 Å². The van der Waals surface area contributed by atoms with Gasteiger partial charge in [0, 0.05) is 5.75 Å². The first kappa shape index (κ1) is 22.6. The van der Waals surface area contributed by atoms with Gasteiger partial charge in [-0.2, -0.15) is 0 Å². The third-order valence-electron chi connectivity index (χ3n) is 4.78. The van der Waals surface area contributed by atoms with Gasteiger partial charge in [-0.3, -0.25) is 0 Å². The SMILES string of the molecule is CCO/N=C(\CSC(c1ccccc1)(c1ccccc1)c1ccccc1)C(=O)OCC. The molecule has 31 heavy (non-hydrogen) atoms. The van der Waals surface area contributed by atoms with Gasteiger partial charge in [-0.25, -0.2) is 4.79 Å². The number of carbonyl (C=O) groups is 1. The second-order valence-electron chi connectivity index (χ2n) is 6.74. The molecule has 0 aliphatic heterocycles. The number of carbonyl (C=O) groups excluding carboxylic acids is 1. The van der Waals surface area contributed by atoms with Gasteiger partial charge in [-0.15, -0.1) is 11.8 Å². The summed E-state index contributed by atoms with van der Waals surface area (Å²) in [6.45, 7) is 4.29. The number of ether oxygens (including phenoxy) is 1. The van der Waals surface area contributed by atoms with Gasteiger partial charge in [0.25, 0.3) is 0 Å². The van der Waals surface area contributed by atoms with E-state index in [-0.39, 0.29) is 12.3 Å². The van der Waals surface area contributed by atoms with Crippen LogP contribution in [0.15, 0.2) is 96.2 Å². The lowest BCUT2D eigenvalue weighted by Crippen LogP contribution is -2.29. The summed E-state index contributed by atoms with van der Waals surface area (Å²) in [5, 5.41) is 4.07. The highest BCUT2D eigenvalue weighted by Crippen LogP contribution is 2.48. The van der Waals surface area contributed by atoms with Crippen molar-refractivity contribution in [2.75, 3.05) is 19.0 Å². The van der Waals surface area contributed by atoms with Crippen molar-refractivity contribution in [3.8, 4) is 0 Å². The minimum atomic E-state index is -0.538. The molecule has 0 spiro atoms. The van der Waals surface area contributed by atoms with Crippen LogP contribution in [0, 0.1) is 0 Å². The number of thioether (sulfide) groups is 1. The highest BCUT2D eigenvalue weighted by atomic mass is 32.2. The summed E-state index contributed by atoms with van der Waals surface area (Å²) >= 11 is 1.63. The third kappa shape index (κ3) is 5.36. The predicted molar refractivity (Wildman–Crippen MR) is 127 cm³/mol. The molecule has 0 atom stereocenters. The van der Waals surface area contributed by atoms with Crippen LogP contribution in [-0.2, 0) is 19.1 Å². The predicted octanol–water partition coefficient (Wildman–Crippen LogP) is 5.67. The molecule has 0 aliphatic rings. The molecular formula is C26H27NO3S. The van der Waals surface area contributed by atoms with Gasteiger partial charge in [-0.05, 0) is 30.5 Å². The van der Waals surface area contributed by atoms with Crippen LogP contribution in [0.1, 0.15) is 30.5 Å². The topological polar surface area (TPSA) is 47.9 Å². The van der Waals surface area contributed by atoms with Gasteiger partial charge in [-0.1, -0.05) is 96.2 Å². The molecule has 160 valence electrons.